The van der Waals surface area contributed by atoms with Gasteiger partial charge in [0.2, 0.25) is 27.6 Å². The number of sulfonamides is 1. The third kappa shape index (κ3) is 8.51. The summed E-state index contributed by atoms with van der Waals surface area (Å²) in [6.45, 7) is 8.61. The highest BCUT2D eigenvalue weighted by Gasteiger charge is 2.39. The number of anilines is 3. The molecule has 2 aromatic heterocycles. The van der Waals surface area contributed by atoms with Crippen molar-refractivity contribution in [2.75, 3.05) is 66.1 Å². The Morgan fingerprint density at radius 1 is 0.873 bits per heavy atom. The number of piperidine rings is 2. The van der Waals surface area contributed by atoms with Crippen LogP contribution in [-0.4, -0.2) is 109 Å². The smallest absolute Gasteiger partial charge is 0.255 e. The van der Waals surface area contributed by atoms with E-state index in [1.807, 2.05) is 24.3 Å². The molecule has 3 saturated heterocycles. The van der Waals surface area contributed by atoms with Gasteiger partial charge in [-0.25, -0.2) is 22.2 Å². The van der Waals surface area contributed by atoms with Crippen LogP contribution in [0, 0.1) is 17.6 Å². The van der Waals surface area contributed by atoms with E-state index in [9.17, 15) is 32.0 Å². The first-order chi connectivity index (χ1) is 30.4. The maximum atomic E-state index is 15.5. The average Bonchev–Trinajstić information content (AvgIpc) is 3.85. The summed E-state index contributed by atoms with van der Waals surface area (Å²) >= 11 is 0. The topological polar surface area (TPSA) is 168 Å². The molecule has 3 aromatic carbocycles. The van der Waals surface area contributed by atoms with Crippen molar-refractivity contribution in [2.24, 2.45) is 5.92 Å². The van der Waals surface area contributed by atoms with Gasteiger partial charge in [0.1, 0.15) is 17.5 Å². The van der Waals surface area contributed by atoms with Crippen molar-refractivity contribution in [3.8, 4) is 11.1 Å². The first-order valence-electron chi connectivity index (χ1n) is 21.5. The van der Waals surface area contributed by atoms with Crippen molar-refractivity contribution >= 4 is 61.6 Å². The second kappa shape index (κ2) is 17.2. The van der Waals surface area contributed by atoms with Crippen molar-refractivity contribution in [3.05, 3.63) is 107 Å². The molecule has 14 nitrogen and oxygen atoms in total. The van der Waals surface area contributed by atoms with Crippen LogP contribution in [0.2, 0.25) is 0 Å². The second-order valence-corrected chi connectivity index (χ2v) is 18.7. The summed E-state index contributed by atoms with van der Waals surface area (Å²) in [5.41, 5.74) is 4.31. The van der Waals surface area contributed by atoms with Gasteiger partial charge in [-0.1, -0.05) is 19.1 Å². The maximum Gasteiger partial charge on any atom is 0.255 e. The molecule has 0 radical (unpaired) electrons. The van der Waals surface area contributed by atoms with Gasteiger partial charge < -0.3 is 19.7 Å². The molecule has 1 atom stereocenters. The number of aromatic nitrogens is 2. The van der Waals surface area contributed by atoms with Crippen LogP contribution in [0.3, 0.4) is 0 Å². The van der Waals surface area contributed by atoms with Crippen LogP contribution in [0.15, 0.2) is 73.1 Å². The van der Waals surface area contributed by atoms with Crippen LogP contribution in [0.25, 0.3) is 22.2 Å². The molecule has 0 spiro atoms. The fourth-order valence-electron chi connectivity index (χ4n) is 9.36. The molecule has 4 aliphatic heterocycles. The summed E-state index contributed by atoms with van der Waals surface area (Å²) in [6.07, 6.45) is 6.04. The van der Waals surface area contributed by atoms with Crippen LogP contribution >= 0.6 is 0 Å². The first-order valence-corrected chi connectivity index (χ1v) is 23.1. The first kappa shape index (κ1) is 42.1. The number of fused-ring (bicyclic) bond motifs is 2. The largest absolute Gasteiger partial charge is 0.372 e. The van der Waals surface area contributed by atoms with Gasteiger partial charge >= 0.3 is 0 Å². The number of benzene rings is 3. The number of pyridine rings is 1. The van der Waals surface area contributed by atoms with E-state index in [2.05, 4.69) is 52.9 Å². The Morgan fingerprint density at radius 2 is 1.60 bits per heavy atom. The average molecular weight is 879 g/mol. The van der Waals surface area contributed by atoms with Crippen LogP contribution in [0.4, 0.5) is 25.8 Å². The van der Waals surface area contributed by atoms with Gasteiger partial charge in [-0.2, -0.15) is 0 Å². The molecule has 0 aliphatic carbocycles. The van der Waals surface area contributed by atoms with Crippen molar-refractivity contribution in [1.82, 2.24) is 25.1 Å². The number of amides is 3. The molecular weight excluding hydrogens is 831 g/mol. The minimum absolute atomic E-state index is 0.00479. The lowest BCUT2D eigenvalue weighted by Crippen LogP contribution is -2.52. The Morgan fingerprint density at radius 3 is 2.33 bits per heavy atom. The lowest BCUT2D eigenvalue weighted by molar-refractivity contribution is -0.136. The Bertz CT molecular complexity index is 2730. The normalized spacial score (nSPS) is 18.9. The van der Waals surface area contributed by atoms with Gasteiger partial charge in [-0.15, -0.1) is 0 Å². The summed E-state index contributed by atoms with van der Waals surface area (Å²) in [7, 11) is -3.89. The highest BCUT2D eigenvalue weighted by molar-refractivity contribution is 7.92. The van der Waals surface area contributed by atoms with E-state index in [0.717, 1.165) is 93.3 Å². The highest BCUT2D eigenvalue weighted by Crippen LogP contribution is 2.34. The number of aromatic amines is 1. The number of imide groups is 1. The molecule has 0 bridgehead atoms. The zero-order valence-corrected chi connectivity index (χ0v) is 35.6. The molecule has 3 fully saturated rings. The molecule has 5 aromatic rings. The number of halogens is 2. The monoisotopic (exact) mass is 878 g/mol. The molecular formula is C46H48F2N8O6S. The summed E-state index contributed by atoms with van der Waals surface area (Å²) < 4.78 is 57.3. The maximum absolute atomic E-state index is 15.5. The van der Waals surface area contributed by atoms with Crippen LogP contribution in [0.1, 0.15) is 70.9 Å². The van der Waals surface area contributed by atoms with Crippen molar-refractivity contribution in [1.29, 1.82) is 0 Å². The Hall–Kier alpha value is -6.20. The zero-order chi connectivity index (χ0) is 44.0. The van der Waals surface area contributed by atoms with Crippen LogP contribution < -0.4 is 19.8 Å². The van der Waals surface area contributed by atoms with E-state index >= 15 is 4.39 Å². The van der Waals surface area contributed by atoms with Gasteiger partial charge in [-0.05, 0) is 91.3 Å². The minimum atomic E-state index is -3.89. The third-order valence-corrected chi connectivity index (χ3v) is 14.3. The lowest BCUT2D eigenvalue weighted by atomic mass is 9.95. The number of ketones is 1. The molecule has 3 N–H and O–H groups in total. The number of rotatable bonds is 12. The summed E-state index contributed by atoms with van der Waals surface area (Å²) in [5.74, 6) is -3.86. The fraction of sp³-hybridized carbons (Fsp3) is 0.370. The van der Waals surface area contributed by atoms with Crippen molar-refractivity contribution in [2.45, 2.75) is 51.6 Å². The van der Waals surface area contributed by atoms with Gasteiger partial charge in [0, 0.05) is 105 Å². The third-order valence-electron chi connectivity index (χ3n) is 12.8. The van der Waals surface area contributed by atoms with E-state index in [1.54, 1.807) is 24.1 Å². The number of carbonyl (C=O) groups is 4. The van der Waals surface area contributed by atoms with Gasteiger partial charge in [0.15, 0.2) is 5.82 Å². The minimum Gasteiger partial charge on any atom is -0.372 e. The summed E-state index contributed by atoms with van der Waals surface area (Å²) in [5, 5.41) is 2.74. The molecule has 3 amide bonds. The molecule has 0 unspecified atom stereocenters. The SMILES string of the molecule is CCCS(=O)(=O)Nc1ccc(F)c(C(=O)c2c[nH]c3ncc(-c4ccc(N5CCN(CC6CCN(c7ccc8c(c7)CN([C@H]7CCC(=O)NC7=O)C8=O)CC6)CC5)cc4)cc23)c1F. The number of nitrogens with zero attached hydrogens (tertiary/aromatic N) is 5. The van der Waals surface area contributed by atoms with Gasteiger partial charge in [0.05, 0.1) is 17.0 Å². The van der Waals surface area contributed by atoms with Crippen LogP contribution in [-0.2, 0) is 26.2 Å². The van der Waals surface area contributed by atoms with E-state index in [4.69, 9.17) is 0 Å². The van der Waals surface area contributed by atoms with E-state index in [1.165, 1.54) is 6.20 Å². The van der Waals surface area contributed by atoms with Gasteiger partial charge in [-0.3, -0.25) is 34.1 Å². The van der Waals surface area contributed by atoms with Crippen molar-refractivity contribution < 1.29 is 36.4 Å². The highest BCUT2D eigenvalue weighted by atomic mass is 32.2. The standard InChI is InChI=1S/C46H48F2N8O6S/c1-2-21-63(61,62)52-38-10-9-37(47)41(42(38)48)43(58)36-25-50-44-35(36)23-30(24-49-44)29-3-5-32(6-4-29)55-19-17-53(18-20-55)26-28-13-15-54(16-14-28)33-7-8-34-31(22-33)27-56(46(34)60)39-11-12-40(57)51-45(39)59/h3-10,22-25,28,39,52H,2,11-21,26-27H2,1H3,(H,49,50)(H,51,57,59)/t39-/m0/s1. The number of carbonyl (C=O) groups excluding carboxylic acids is 4. The van der Waals surface area contributed by atoms with Crippen molar-refractivity contribution in [3.63, 3.8) is 0 Å². The Balaban J connectivity index is 0.781. The Kier molecular flexibility index (Phi) is 11.5. The fourth-order valence-corrected chi connectivity index (χ4v) is 10.5. The van der Waals surface area contributed by atoms with E-state index in [0.29, 0.717) is 47.5 Å². The number of H-pyrrole nitrogens is 1. The quantitative estimate of drug-likeness (QED) is 0.105. The molecule has 0 saturated carbocycles. The number of nitrogens with one attached hydrogen (secondary N) is 3. The lowest BCUT2D eigenvalue weighted by Gasteiger charge is -2.40. The predicted molar refractivity (Wildman–Crippen MR) is 235 cm³/mol. The number of hydrogen-bond acceptors (Lipinski definition) is 10. The van der Waals surface area contributed by atoms with Gasteiger partial charge in [0.25, 0.3) is 5.91 Å². The molecule has 17 heteroatoms. The molecule has 6 heterocycles. The molecule has 4 aliphatic rings. The van der Waals surface area contributed by atoms with Crippen LogP contribution in [0.5, 0.6) is 0 Å². The molecule has 328 valence electrons. The zero-order valence-electron chi connectivity index (χ0n) is 34.8. The predicted octanol–water partition coefficient (Wildman–Crippen LogP) is 5.69. The number of piperazine rings is 1. The second-order valence-electron chi connectivity index (χ2n) is 16.9. The summed E-state index contributed by atoms with van der Waals surface area (Å²) in [6, 6.07) is 17.0. The molecule has 63 heavy (non-hydrogen) atoms. The van der Waals surface area contributed by atoms with E-state index in [-0.39, 0.29) is 29.6 Å². The number of hydrogen-bond donors (Lipinski definition) is 3. The Labute approximate surface area is 363 Å². The molecule has 9 rings (SSSR count). The van der Waals surface area contributed by atoms with E-state index < -0.39 is 50.6 Å². The summed E-state index contributed by atoms with van der Waals surface area (Å²) in [4.78, 5) is 67.2.